The van der Waals surface area contributed by atoms with Crippen LogP contribution in [0.3, 0.4) is 0 Å². The summed E-state index contributed by atoms with van der Waals surface area (Å²) in [6.07, 6.45) is 0. The molecule has 0 aliphatic carbocycles. The fourth-order valence-electron chi connectivity index (χ4n) is 1.47. The number of alkyl halides is 4. The second kappa shape index (κ2) is 7.04. The summed E-state index contributed by atoms with van der Waals surface area (Å²) in [5.41, 5.74) is 1.58. The first-order valence-corrected chi connectivity index (χ1v) is 9.31. The summed E-state index contributed by atoms with van der Waals surface area (Å²) in [5.74, 6) is 0. The van der Waals surface area contributed by atoms with Gasteiger partial charge in [-0.25, -0.2) is 0 Å². The molecule has 0 amide bonds. The van der Waals surface area contributed by atoms with Gasteiger partial charge in [0.05, 0.1) is 0 Å². The van der Waals surface area contributed by atoms with Crippen LogP contribution in [0.2, 0.25) is 0 Å². The lowest BCUT2D eigenvalue weighted by Crippen LogP contribution is -2.07. The van der Waals surface area contributed by atoms with Crippen molar-refractivity contribution in [2.45, 2.75) is 7.33 Å². The molecule has 0 bridgehead atoms. The predicted molar refractivity (Wildman–Crippen MR) is 94.8 cm³/mol. The number of halogens is 4. The molecule has 2 aromatic carbocycles. The maximum atomic E-state index is 6.35. The topological polar surface area (TPSA) is 0 Å². The molecule has 0 atom stereocenters. The van der Waals surface area contributed by atoms with E-state index in [4.69, 9.17) is 46.4 Å². The van der Waals surface area contributed by atoms with Crippen LogP contribution in [0.1, 0.15) is 11.1 Å². The molecule has 20 heavy (non-hydrogen) atoms. The Morgan fingerprint density at radius 2 is 0.850 bits per heavy atom. The fourth-order valence-corrected chi connectivity index (χ4v) is 4.98. The van der Waals surface area contributed by atoms with Crippen molar-refractivity contribution >= 4 is 68.0 Å². The molecule has 0 spiro atoms. The van der Waals surface area contributed by atoms with Crippen LogP contribution >= 0.6 is 68.0 Å². The minimum atomic E-state index is -1.12. The summed E-state index contributed by atoms with van der Waals surface area (Å²) >= 11 is 25.4. The maximum Gasteiger partial charge on any atom is 0.198 e. The van der Waals surface area contributed by atoms with E-state index in [1.165, 1.54) is 21.6 Å². The highest BCUT2D eigenvalue weighted by atomic mass is 35.5. The van der Waals surface area contributed by atoms with E-state index in [9.17, 15) is 0 Å². The van der Waals surface area contributed by atoms with Gasteiger partial charge in [-0.3, -0.25) is 0 Å². The number of hydrogen-bond acceptors (Lipinski definition) is 2. The molecule has 0 heterocycles. The molecule has 0 aromatic heterocycles. The van der Waals surface area contributed by atoms with E-state index in [0.717, 1.165) is 11.1 Å². The van der Waals surface area contributed by atoms with E-state index in [1.807, 2.05) is 60.7 Å². The van der Waals surface area contributed by atoms with Crippen LogP contribution in [0.5, 0.6) is 0 Å². The Morgan fingerprint density at radius 3 is 1.15 bits per heavy atom. The zero-order valence-electron chi connectivity index (χ0n) is 10.1. The Labute approximate surface area is 146 Å². The monoisotopic (exact) mass is 382 g/mol. The van der Waals surface area contributed by atoms with Crippen molar-refractivity contribution < 1.29 is 0 Å². The summed E-state index contributed by atoms with van der Waals surface area (Å²) in [6.45, 7) is 0. The van der Waals surface area contributed by atoms with Crippen molar-refractivity contribution in [2.24, 2.45) is 0 Å². The molecule has 0 nitrogen and oxygen atoms in total. The molecule has 0 aliphatic heterocycles. The van der Waals surface area contributed by atoms with Crippen molar-refractivity contribution in [3.8, 4) is 0 Å². The summed E-state index contributed by atoms with van der Waals surface area (Å²) in [5, 5.41) is 0. The molecule has 0 aliphatic rings. The summed E-state index contributed by atoms with van der Waals surface area (Å²) in [4.78, 5) is 0. The molecule has 0 unspecified atom stereocenters. The second-order valence-corrected chi connectivity index (χ2v) is 10.0. The van der Waals surface area contributed by atoms with Crippen LogP contribution in [-0.4, -0.2) is 0 Å². The smallest absolute Gasteiger partial charge is 0.0831 e. The second-order valence-electron chi connectivity index (χ2n) is 3.93. The van der Waals surface area contributed by atoms with Crippen molar-refractivity contribution in [3.05, 3.63) is 71.8 Å². The molecule has 0 N–H and O–H groups in total. The van der Waals surface area contributed by atoms with Crippen LogP contribution in [0, 0.1) is 0 Å². The molecule has 0 fully saturated rings. The third kappa shape index (κ3) is 4.40. The average Bonchev–Trinajstić information content (AvgIpc) is 2.47. The van der Waals surface area contributed by atoms with Gasteiger partial charge in [0, 0.05) is 0 Å². The van der Waals surface area contributed by atoms with Gasteiger partial charge in [0.1, 0.15) is 0 Å². The Balaban J connectivity index is 2.08. The van der Waals surface area contributed by atoms with Gasteiger partial charge in [-0.05, 0) is 32.7 Å². The minimum Gasteiger partial charge on any atom is -0.0831 e. The van der Waals surface area contributed by atoms with E-state index < -0.39 is 7.33 Å². The number of rotatable bonds is 5. The summed E-state index contributed by atoms with van der Waals surface area (Å²) in [6, 6.07) is 18.8. The highest BCUT2D eigenvalue weighted by Gasteiger charge is 2.35. The molecule has 0 radical (unpaired) electrons. The van der Waals surface area contributed by atoms with Gasteiger partial charge >= 0.3 is 0 Å². The predicted octanol–water partition coefficient (Wildman–Crippen LogP) is 6.94. The molecule has 0 saturated heterocycles. The van der Waals surface area contributed by atoms with E-state index in [2.05, 4.69) is 0 Å². The van der Waals surface area contributed by atoms with E-state index in [0.29, 0.717) is 0 Å². The third-order valence-electron chi connectivity index (χ3n) is 2.47. The third-order valence-corrected chi connectivity index (χ3v) is 8.09. The highest BCUT2D eigenvalue weighted by molar-refractivity contribution is 8.78. The van der Waals surface area contributed by atoms with Crippen molar-refractivity contribution in [2.75, 3.05) is 0 Å². The zero-order valence-corrected chi connectivity index (χ0v) is 14.8. The molecular formula is C14H10Cl4S2. The largest absolute Gasteiger partial charge is 0.198 e. The molecule has 0 saturated carbocycles. The summed E-state index contributed by atoms with van der Waals surface area (Å²) < 4.78 is -2.23. The quantitative estimate of drug-likeness (QED) is 0.404. The van der Waals surface area contributed by atoms with Crippen molar-refractivity contribution in [1.29, 1.82) is 0 Å². The first-order chi connectivity index (χ1) is 9.42. The Bertz CT molecular complexity index is 492. The minimum absolute atomic E-state index is 0.790. The standard InChI is InChI=1S/C14H10Cl4S2/c15-13(16,11-7-3-1-4-8-11)19-20-14(17,18)12-9-5-2-6-10-12/h1-10H. The Kier molecular flexibility index (Phi) is 5.87. The lowest BCUT2D eigenvalue weighted by Gasteiger charge is -2.24. The van der Waals surface area contributed by atoms with Gasteiger partial charge in [-0.1, -0.05) is 107 Å². The van der Waals surface area contributed by atoms with Crippen molar-refractivity contribution in [1.82, 2.24) is 0 Å². The van der Waals surface area contributed by atoms with Gasteiger partial charge < -0.3 is 0 Å². The van der Waals surface area contributed by atoms with Crippen molar-refractivity contribution in [3.63, 3.8) is 0 Å². The van der Waals surface area contributed by atoms with Gasteiger partial charge in [0.25, 0.3) is 0 Å². The van der Waals surface area contributed by atoms with E-state index in [-0.39, 0.29) is 0 Å². The lowest BCUT2D eigenvalue weighted by molar-refractivity contribution is 1.26. The lowest BCUT2D eigenvalue weighted by atomic mass is 10.2. The highest BCUT2D eigenvalue weighted by Crippen LogP contribution is 2.59. The fraction of sp³-hybridized carbons (Fsp3) is 0.143. The normalized spacial score (nSPS) is 12.4. The molecular weight excluding hydrogens is 374 g/mol. The van der Waals surface area contributed by atoms with Crippen LogP contribution in [-0.2, 0) is 7.33 Å². The molecule has 2 aromatic rings. The van der Waals surface area contributed by atoms with Gasteiger partial charge in [0.15, 0.2) is 7.33 Å². The van der Waals surface area contributed by atoms with E-state index >= 15 is 0 Å². The molecule has 2 rings (SSSR count). The Morgan fingerprint density at radius 1 is 0.550 bits per heavy atom. The van der Waals surface area contributed by atoms with E-state index in [1.54, 1.807) is 0 Å². The number of benzene rings is 2. The van der Waals surface area contributed by atoms with Crippen LogP contribution < -0.4 is 0 Å². The SMILES string of the molecule is ClC(Cl)(SSC(Cl)(Cl)c1ccccc1)c1ccccc1. The molecule has 6 heteroatoms. The maximum absolute atomic E-state index is 6.35. The Hall–Kier alpha value is 0.300. The van der Waals surface area contributed by atoms with Crippen LogP contribution in [0.4, 0.5) is 0 Å². The van der Waals surface area contributed by atoms with Gasteiger partial charge in [-0.15, -0.1) is 0 Å². The molecule has 106 valence electrons. The number of hydrogen-bond donors (Lipinski definition) is 0. The first kappa shape index (κ1) is 16.7. The summed E-state index contributed by atoms with van der Waals surface area (Å²) in [7, 11) is 2.43. The zero-order chi connectivity index (χ0) is 14.6. The van der Waals surface area contributed by atoms with Crippen LogP contribution in [0.15, 0.2) is 60.7 Å². The van der Waals surface area contributed by atoms with Gasteiger partial charge in [-0.2, -0.15) is 0 Å². The van der Waals surface area contributed by atoms with Gasteiger partial charge in [0.2, 0.25) is 0 Å². The van der Waals surface area contributed by atoms with Crippen LogP contribution in [0.25, 0.3) is 0 Å². The average molecular weight is 384 g/mol. The first-order valence-electron chi connectivity index (χ1n) is 5.65.